The van der Waals surface area contributed by atoms with Crippen LogP contribution in [-0.2, 0) is 9.59 Å². The normalized spacial score (nSPS) is 21.8. The van der Waals surface area contributed by atoms with E-state index < -0.39 is 11.9 Å². The minimum Gasteiger partial charge on any atom is -0.481 e. The summed E-state index contributed by atoms with van der Waals surface area (Å²) >= 11 is 1.30. The van der Waals surface area contributed by atoms with E-state index in [4.69, 9.17) is 5.11 Å². The number of nitrogens with zero attached hydrogens (tertiary/aromatic N) is 1. The zero-order valence-corrected chi connectivity index (χ0v) is 11.9. The summed E-state index contributed by atoms with van der Waals surface area (Å²) in [4.78, 5) is 36.7. The Bertz CT molecular complexity index is 514. The number of hydrogen-bond acceptors (Lipinski definition) is 4. The molecule has 0 aromatic carbocycles. The molecule has 0 saturated carbocycles. The highest BCUT2D eigenvalue weighted by molar-refractivity contribution is 7.12. The van der Waals surface area contributed by atoms with Crippen molar-refractivity contribution in [2.45, 2.75) is 6.92 Å². The first-order chi connectivity index (χ1) is 9.49. The molecule has 6 nitrogen and oxygen atoms in total. The van der Waals surface area contributed by atoms with Crippen LogP contribution in [0.15, 0.2) is 17.5 Å². The van der Waals surface area contributed by atoms with Crippen LogP contribution in [0.5, 0.6) is 0 Å². The summed E-state index contributed by atoms with van der Waals surface area (Å²) < 4.78 is 0. The monoisotopic (exact) mass is 296 g/mol. The number of carboxylic acids is 1. The highest BCUT2D eigenvalue weighted by atomic mass is 32.1. The number of nitrogens with one attached hydrogen (secondary N) is 1. The smallest absolute Gasteiger partial charge is 0.308 e. The highest BCUT2D eigenvalue weighted by Gasteiger charge is 2.36. The molecule has 2 rings (SSSR count). The Labute approximate surface area is 120 Å². The van der Waals surface area contributed by atoms with E-state index in [1.807, 2.05) is 6.92 Å². The fourth-order valence-corrected chi connectivity index (χ4v) is 2.89. The lowest BCUT2D eigenvalue weighted by Gasteiger charge is -2.16. The van der Waals surface area contributed by atoms with Crippen LogP contribution < -0.4 is 5.32 Å². The van der Waals surface area contributed by atoms with Crippen molar-refractivity contribution >= 4 is 29.1 Å². The molecule has 0 bridgehead atoms. The lowest BCUT2D eigenvalue weighted by Crippen LogP contribution is -2.39. The molecule has 2 amide bonds. The second-order valence-electron chi connectivity index (χ2n) is 4.88. The topological polar surface area (TPSA) is 86.7 Å². The van der Waals surface area contributed by atoms with Crippen LogP contribution in [0.4, 0.5) is 0 Å². The Kier molecular flexibility index (Phi) is 4.39. The van der Waals surface area contributed by atoms with Gasteiger partial charge in [-0.3, -0.25) is 14.4 Å². The van der Waals surface area contributed by atoms with Gasteiger partial charge in [-0.05, 0) is 17.4 Å². The van der Waals surface area contributed by atoms with Crippen molar-refractivity contribution < 1.29 is 19.5 Å². The number of rotatable bonds is 4. The lowest BCUT2D eigenvalue weighted by atomic mass is 9.99. The summed E-state index contributed by atoms with van der Waals surface area (Å²) in [5.74, 6) is -1.99. The Morgan fingerprint density at radius 1 is 1.45 bits per heavy atom. The van der Waals surface area contributed by atoms with Crippen LogP contribution in [0.1, 0.15) is 16.6 Å². The maximum atomic E-state index is 12.0. The van der Waals surface area contributed by atoms with Gasteiger partial charge in [0.2, 0.25) is 5.91 Å². The summed E-state index contributed by atoms with van der Waals surface area (Å²) in [5.41, 5.74) is 0. The van der Waals surface area contributed by atoms with Crippen LogP contribution in [0.3, 0.4) is 0 Å². The first-order valence-corrected chi connectivity index (χ1v) is 7.19. The van der Waals surface area contributed by atoms with Crippen LogP contribution in [0, 0.1) is 11.8 Å². The van der Waals surface area contributed by atoms with Crippen molar-refractivity contribution in [3.63, 3.8) is 0 Å². The van der Waals surface area contributed by atoms with Gasteiger partial charge in [0.05, 0.1) is 17.3 Å². The quantitative estimate of drug-likeness (QED) is 0.854. The van der Waals surface area contributed by atoms with Gasteiger partial charge >= 0.3 is 5.97 Å². The summed E-state index contributed by atoms with van der Waals surface area (Å²) in [5, 5.41) is 13.4. The fourth-order valence-electron chi connectivity index (χ4n) is 2.25. The van der Waals surface area contributed by atoms with Gasteiger partial charge in [0.1, 0.15) is 0 Å². The van der Waals surface area contributed by atoms with Crippen molar-refractivity contribution in [2.24, 2.45) is 11.8 Å². The van der Waals surface area contributed by atoms with Gasteiger partial charge < -0.3 is 15.3 Å². The molecule has 0 unspecified atom stereocenters. The number of amides is 2. The van der Waals surface area contributed by atoms with E-state index in [0.29, 0.717) is 11.4 Å². The molecule has 20 heavy (non-hydrogen) atoms. The van der Waals surface area contributed by atoms with Gasteiger partial charge in [-0.2, -0.15) is 0 Å². The first kappa shape index (κ1) is 14.5. The molecule has 0 spiro atoms. The van der Waals surface area contributed by atoms with Crippen molar-refractivity contribution in [1.29, 1.82) is 0 Å². The molecule has 108 valence electrons. The number of carbonyl (C=O) groups is 3. The fraction of sp³-hybridized carbons (Fsp3) is 0.462. The Hall–Kier alpha value is -1.89. The molecule has 7 heteroatoms. The average molecular weight is 296 g/mol. The van der Waals surface area contributed by atoms with Crippen LogP contribution in [0.25, 0.3) is 0 Å². The van der Waals surface area contributed by atoms with E-state index >= 15 is 0 Å². The zero-order chi connectivity index (χ0) is 14.7. The van der Waals surface area contributed by atoms with Gasteiger partial charge in [-0.1, -0.05) is 13.0 Å². The first-order valence-electron chi connectivity index (χ1n) is 6.31. The van der Waals surface area contributed by atoms with Gasteiger partial charge in [0.25, 0.3) is 5.91 Å². The Morgan fingerprint density at radius 2 is 2.20 bits per heavy atom. The second kappa shape index (κ2) is 6.04. The number of carbonyl (C=O) groups excluding carboxylic acids is 2. The predicted molar refractivity (Wildman–Crippen MR) is 73.5 cm³/mol. The molecule has 2 heterocycles. The number of hydrogen-bond donors (Lipinski definition) is 2. The third-order valence-corrected chi connectivity index (χ3v) is 4.30. The maximum absolute atomic E-state index is 12.0. The van der Waals surface area contributed by atoms with Crippen LogP contribution in [-0.4, -0.2) is 47.4 Å². The Morgan fingerprint density at radius 3 is 2.75 bits per heavy atom. The van der Waals surface area contributed by atoms with Crippen molar-refractivity contribution in [2.75, 3.05) is 19.6 Å². The summed E-state index contributed by atoms with van der Waals surface area (Å²) in [6.07, 6.45) is 0. The average Bonchev–Trinajstić information content (AvgIpc) is 3.04. The van der Waals surface area contributed by atoms with E-state index in [2.05, 4.69) is 5.32 Å². The van der Waals surface area contributed by atoms with Crippen molar-refractivity contribution in [3.05, 3.63) is 22.4 Å². The third kappa shape index (κ3) is 3.16. The summed E-state index contributed by atoms with van der Waals surface area (Å²) in [6.45, 7) is 2.35. The van der Waals surface area contributed by atoms with E-state index in [1.165, 1.54) is 16.2 Å². The van der Waals surface area contributed by atoms with Crippen LogP contribution >= 0.6 is 11.3 Å². The number of likely N-dealkylation sites (tertiary alicyclic amines) is 1. The molecular formula is C13H16N2O4S. The molecule has 0 radical (unpaired) electrons. The molecule has 2 N–H and O–H groups in total. The predicted octanol–water partition coefficient (Wildman–Crippen LogP) is 0.657. The zero-order valence-electron chi connectivity index (χ0n) is 11.0. The minimum absolute atomic E-state index is 0.0653. The molecule has 1 aliphatic rings. The van der Waals surface area contributed by atoms with Crippen LogP contribution in [0.2, 0.25) is 0 Å². The molecule has 2 atom stereocenters. The largest absolute Gasteiger partial charge is 0.481 e. The minimum atomic E-state index is -0.879. The van der Waals surface area contributed by atoms with E-state index in [-0.39, 0.29) is 30.8 Å². The SMILES string of the molecule is C[C@@H]1CN(C(=O)CNC(=O)c2cccs2)C[C@H]1C(=O)O. The molecule has 1 fully saturated rings. The van der Waals surface area contributed by atoms with Gasteiger partial charge in [-0.25, -0.2) is 0 Å². The molecule has 0 aliphatic carbocycles. The third-order valence-electron chi connectivity index (χ3n) is 3.43. The maximum Gasteiger partial charge on any atom is 0.308 e. The number of thiophene rings is 1. The van der Waals surface area contributed by atoms with Gasteiger partial charge in [0.15, 0.2) is 0 Å². The molecule has 1 saturated heterocycles. The molecule has 1 aromatic heterocycles. The highest BCUT2D eigenvalue weighted by Crippen LogP contribution is 2.22. The lowest BCUT2D eigenvalue weighted by molar-refractivity contribution is -0.142. The van der Waals surface area contributed by atoms with E-state index in [1.54, 1.807) is 17.5 Å². The summed E-state index contributed by atoms with van der Waals surface area (Å²) in [6, 6.07) is 3.45. The van der Waals surface area contributed by atoms with Crippen molar-refractivity contribution in [3.8, 4) is 0 Å². The molecule has 1 aromatic rings. The number of carboxylic acid groups (broad SMARTS) is 1. The van der Waals surface area contributed by atoms with E-state index in [9.17, 15) is 14.4 Å². The standard InChI is InChI=1S/C13H16N2O4S/c1-8-6-15(7-9(8)13(18)19)11(16)5-14-12(17)10-3-2-4-20-10/h2-4,8-9H,5-7H2,1H3,(H,14,17)(H,18,19)/t8-,9-/m1/s1. The van der Waals surface area contributed by atoms with Crippen molar-refractivity contribution in [1.82, 2.24) is 10.2 Å². The van der Waals surface area contributed by atoms with E-state index in [0.717, 1.165) is 0 Å². The molecule has 1 aliphatic heterocycles. The second-order valence-corrected chi connectivity index (χ2v) is 5.83. The Balaban J connectivity index is 1.84. The van der Waals surface area contributed by atoms with Gasteiger partial charge in [0, 0.05) is 13.1 Å². The number of aliphatic carboxylic acids is 1. The summed E-state index contributed by atoms with van der Waals surface area (Å²) in [7, 11) is 0. The van der Waals surface area contributed by atoms with Gasteiger partial charge in [-0.15, -0.1) is 11.3 Å². The molecular weight excluding hydrogens is 280 g/mol.